The largest absolute Gasteiger partial charge is 0.504 e. The Morgan fingerprint density at radius 2 is 1.88 bits per heavy atom. The van der Waals surface area contributed by atoms with Crippen molar-refractivity contribution in [2.75, 3.05) is 6.61 Å². The molecular weight excluding hydrogens is 326 g/mol. The third-order valence-electron chi connectivity index (χ3n) is 5.13. The van der Waals surface area contributed by atoms with Gasteiger partial charge in [0.15, 0.2) is 11.5 Å². The van der Waals surface area contributed by atoms with Gasteiger partial charge in [0.2, 0.25) is 0 Å². The molecule has 0 amide bonds. The van der Waals surface area contributed by atoms with Gasteiger partial charge in [0.25, 0.3) is 0 Å². The maximum absolute atomic E-state index is 10.3. The van der Waals surface area contributed by atoms with Crippen molar-refractivity contribution >= 4 is 0 Å². The van der Waals surface area contributed by atoms with Crippen LogP contribution in [0.2, 0.25) is 0 Å². The van der Waals surface area contributed by atoms with Crippen LogP contribution >= 0.6 is 0 Å². The monoisotopic (exact) mass is 359 g/mol. The van der Waals surface area contributed by atoms with Gasteiger partial charge in [0, 0.05) is 6.07 Å². The second-order valence-corrected chi connectivity index (χ2v) is 7.96. The second kappa shape index (κ2) is 9.71. The van der Waals surface area contributed by atoms with Crippen molar-refractivity contribution in [3.63, 3.8) is 0 Å². The van der Waals surface area contributed by atoms with Crippen molar-refractivity contribution in [2.24, 2.45) is 5.41 Å². The summed E-state index contributed by atoms with van der Waals surface area (Å²) in [6, 6.07) is 5.96. The first-order chi connectivity index (χ1) is 12.4. The maximum atomic E-state index is 10.3. The Kier molecular flexibility index (Phi) is 7.63. The summed E-state index contributed by atoms with van der Waals surface area (Å²) >= 11 is 0. The van der Waals surface area contributed by atoms with Gasteiger partial charge in [-0.05, 0) is 70.4 Å². The van der Waals surface area contributed by atoms with Crippen molar-refractivity contribution in [3.05, 3.63) is 17.7 Å². The lowest BCUT2D eigenvalue weighted by molar-refractivity contribution is 0.201. The van der Waals surface area contributed by atoms with Gasteiger partial charge in [-0.2, -0.15) is 5.26 Å². The van der Waals surface area contributed by atoms with Gasteiger partial charge in [0.1, 0.15) is 5.75 Å². The standard InChI is InChI=1S/C22H33NO3/c1-4-17-14-21(26-18-10-6-7-11-18)19(24)15-20(17)25-13-9-5-8-12-22(2,3)16-23/h14-15,18,24H,4-13H2,1-3H3. The molecule has 1 N–H and O–H groups in total. The fourth-order valence-corrected chi connectivity index (χ4v) is 3.37. The Hall–Kier alpha value is -1.89. The number of nitrogens with zero attached hydrogens (tertiary/aromatic N) is 1. The van der Waals surface area contributed by atoms with Crippen molar-refractivity contribution in [1.82, 2.24) is 0 Å². The van der Waals surface area contributed by atoms with E-state index in [9.17, 15) is 5.11 Å². The first-order valence-corrected chi connectivity index (χ1v) is 10.0. The Morgan fingerprint density at radius 1 is 1.15 bits per heavy atom. The lowest BCUT2D eigenvalue weighted by Gasteiger charge is -2.18. The van der Waals surface area contributed by atoms with Crippen LogP contribution in [0.4, 0.5) is 0 Å². The fourth-order valence-electron chi connectivity index (χ4n) is 3.37. The summed E-state index contributed by atoms with van der Waals surface area (Å²) in [5, 5.41) is 19.3. The van der Waals surface area contributed by atoms with Gasteiger partial charge in [-0.25, -0.2) is 0 Å². The number of ether oxygens (including phenoxy) is 2. The van der Waals surface area contributed by atoms with Crippen molar-refractivity contribution in [2.45, 2.75) is 84.7 Å². The quantitative estimate of drug-likeness (QED) is 0.539. The molecule has 0 heterocycles. The molecule has 1 aliphatic carbocycles. The summed E-state index contributed by atoms with van der Waals surface area (Å²) in [5.74, 6) is 1.50. The van der Waals surface area contributed by atoms with Crippen molar-refractivity contribution in [3.8, 4) is 23.3 Å². The molecule has 0 aliphatic heterocycles. The van der Waals surface area contributed by atoms with Crippen LogP contribution in [0.5, 0.6) is 17.2 Å². The molecule has 0 spiro atoms. The smallest absolute Gasteiger partial charge is 0.161 e. The molecule has 0 unspecified atom stereocenters. The van der Waals surface area contributed by atoms with Gasteiger partial charge >= 0.3 is 0 Å². The lowest BCUT2D eigenvalue weighted by atomic mass is 9.89. The molecule has 0 atom stereocenters. The zero-order valence-electron chi connectivity index (χ0n) is 16.5. The average molecular weight is 360 g/mol. The summed E-state index contributed by atoms with van der Waals surface area (Å²) in [5.41, 5.74) is 0.832. The molecule has 1 aromatic rings. The lowest BCUT2D eigenvalue weighted by Crippen LogP contribution is -2.11. The highest BCUT2D eigenvalue weighted by Gasteiger charge is 2.19. The minimum atomic E-state index is -0.239. The van der Waals surface area contributed by atoms with Crippen LogP contribution in [0, 0.1) is 16.7 Å². The zero-order chi connectivity index (χ0) is 19.0. The molecule has 1 aliphatic rings. The first-order valence-electron chi connectivity index (χ1n) is 10.0. The molecule has 0 bridgehead atoms. The third-order valence-corrected chi connectivity index (χ3v) is 5.13. The summed E-state index contributed by atoms with van der Waals surface area (Å²) in [4.78, 5) is 0. The van der Waals surface area contributed by atoms with Crippen molar-refractivity contribution in [1.29, 1.82) is 5.26 Å². The van der Waals surface area contributed by atoms with Gasteiger partial charge in [0.05, 0.1) is 24.2 Å². The number of phenolic OH excluding ortho intramolecular Hbond substituents is 1. The first kappa shape index (κ1) is 20.4. The van der Waals surface area contributed by atoms with E-state index in [-0.39, 0.29) is 17.3 Å². The average Bonchev–Trinajstić information content (AvgIpc) is 3.13. The van der Waals surface area contributed by atoms with E-state index in [1.54, 1.807) is 6.07 Å². The predicted octanol–water partition coefficient (Wildman–Crippen LogP) is 5.76. The molecule has 2 rings (SSSR count). The van der Waals surface area contributed by atoms with E-state index < -0.39 is 0 Å². The van der Waals surface area contributed by atoms with Crippen LogP contribution in [-0.4, -0.2) is 17.8 Å². The SMILES string of the molecule is CCc1cc(OC2CCCC2)c(O)cc1OCCCCCC(C)(C)C#N. The number of phenols is 1. The van der Waals surface area contributed by atoms with E-state index in [1.807, 2.05) is 19.9 Å². The van der Waals surface area contributed by atoms with E-state index in [1.165, 1.54) is 12.8 Å². The zero-order valence-corrected chi connectivity index (χ0v) is 16.5. The van der Waals surface area contributed by atoms with E-state index in [0.29, 0.717) is 12.4 Å². The molecule has 1 saturated carbocycles. The highest BCUT2D eigenvalue weighted by atomic mass is 16.5. The van der Waals surface area contributed by atoms with Crippen LogP contribution in [0.3, 0.4) is 0 Å². The minimum absolute atomic E-state index is 0.167. The third kappa shape index (κ3) is 6.12. The molecule has 0 aromatic heterocycles. The Bertz CT molecular complexity index is 613. The number of unbranched alkanes of at least 4 members (excludes halogenated alkanes) is 2. The molecule has 4 nitrogen and oxygen atoms in total. The molecule has 4 heteroatoms. The summed E-state index contributed by atoms with van der Waals surface area (Å²) in [6.07, 6.45) is 9.57. The normalized spacial score (nSPS) is 15.0. The molecule has 26 heavy (non-hydrogen) atoms. The molecule has 0 saturated heterocycles. The number of benzene rings is 1. The van der Waals surface area contributed by atoms with Gasteiger partial charge in [-0.15, -0.1) is 0 Å². The second-order valence-electron chi connectivity index (χ2n) is 7.96. The highest BCUT2D eigenvalue weighted by Crippen LogP contribution is 2.37. The molecule has 1 aromatic carbocycles. The Labute approximate surface area is 158 Å². The van der Waals surface area contributed by atoms with E-state index in [2.05, 4.69) is 13.0 Å². The molecule has 0 radical (unpaired) electrons. The van der Waals surface area contributed by atoms with Crippen LogP contribution in [0.15, 0.2) is 12.1 Å². The van der Waals surface area contributed by atoms with Crippen LogP contribution in [0.1, 0.15) is 77.7 Å². The Morgan fingerprint density at radius 3 is 2.54 bits per heavy atom. The van der Waals surface area contributed by atoms with E-state index in [0.717, 1.165) is 56.3 Å². The van der Waals surface area contributed by atoms with Gasteiger partial charge in [-0.3, -0.25) is 0 Å². The summed E-state index contributed by atoms with van der Waals surface area (Å²) in [6.45, 7) is 6.68. The molecular formula is C22H33NO3. The predicted molar refractivity (Wildman–Crippen MR) is 104 cm³/mol. The van der Waals surface area contributed by atoms with Gasteiger partial charge in [-0.1, -0.05) is 19.8 Å². The number of hydrogen-bond acceptors (Lipinski definition) is 4. The maximum Gasteiger partial charge on any atom is 0.161 e. The number of hydrogen-bond donors (Lipinski definition) is 1. The number of rotatable bonds is 10. The summed E-state index contributed by atoms with van der Waals surface area (Å²) in [7, 11) is 0. The number of aromatic hydroxyl groups is 1. The number of aryl methyl sites for hydroxylation is 1. The minimum Gasteiger partial charge on any atom is -0.504 e. The van der Waals surface area contributed by atoms with E-state index >= 15 is 0 Å². The number of nitriles is 1. The Balaban J connectivity index is 1.83. The van der Waals surface area contributed by atoms with Crippen molar-refractivity contribution < 1.29 is 14.6 Å². The van der Waals surface area contributed by atoms with Crippen LogP contribution in [0.25, 0.3) is 0 Å². The summed E-state index contributed by atoms with van der Waals surface area (Å²) < 4.78 is 11.9. The highest BCUT2D eigenvalue weighted by molar-refractivity contribution is 5.50. The molecule has 1 fully saturated rings. The topological polar surface area (TPSA) is 62.5 Å². The van der Waals surface area contributed by atoms with Crippen LogP contribution < -0.4 is 9.47 Å². The van der Waals surface area contributed by atoms with Gasteiger partial charge < -0.3 is 14.6 Å². The molecule has 144 valence electrons. The fraction of sp³-hybridized carbons (Fsp3) is 0.682. The van der Waals surface area contributed by atoms with E-state index in [4.69, 9.17) is 14.7 Å². The van der Waals surface area contributed by atoms with Crippen LogP contribution in [-0.2, 0) is 6.42 Å².